The van der Waals surface area contributed by atoms with Gasteiger partial charge in [-0.1, -0.05) is 18.2 Å². The molecule has 0 heterocycles. The van der Waals surface area contributed by atoms with Crippen molar-refractivity contribution in [2.24, 2.45) is 11.8 Å². The minimum Gasteiger partial charge on any atom is -0.326 e. The van der Waals surface area contributed by atoms with Crippen molar-refractivity contribution in [3.05, 3.63) is 29.8 Å². The van der Waals surface area contributed by atoms with E-state index in [0.29, 0.717) is 6.04 Å². The SMILES string of the molecule is CC(=O)Nc1ccccc1CNC(C1CC1)C1CC1. The van der Waals surface area contributed by atoms with Gasteiger partial charge in [0.05, 0.1) is 0 Å². The average Bonchev–Trinajstić information content (AvgIpc) is 3.25. The van der Waals surface area contributed by atoms with Crippen LogP contribution in [0, 0.1) is 11.8 Å². The molecule has 2 N–H and O–H groups in total. The second-order valence-electron chi connectivity index (χ2n) is 5.92. The molecule has 3 rings (SSSR count). The van der Waals surface area contributed by atoms with Crippen molar-refractivity contribution in [1.82, 2.24) is 5.32 Å². The highest BCUT2D eigenvalue weighted by molar-refractivity contribution is 5.89. The van der Waals surface area contributed by atoms with Crippen LogP contribution in [0.2, 0.25) is 0 Å². The third-order valence-corrected chi connectivity index (χ3v) is 4.12. The van der Waals surface area contributed by atoms with Gasteiger partial charge < -0.3 is 10.6 Å². The molecule has 0 spiro atoms. The Morgan fingerprint density at radius 3 is 2.42 bits per heavy atom. The van der Waals surface area contributed by atoms with Crippen LogP contribution in [0.3, 0.4) is 0 Å². The standard InChI is InChI=1S/C16H22N2O/c1-11(19)18-15-5-3-2-4-14(15)10-17-16(12-6-7-12)13-8-9-13/h2-5,12-13,16-17H,6-10H2,1H3,(H,18,19). The molecule has 1 aromatic rings. The number of anilines is 1. The van der Waals surface area contributed by atoms with Crippen LogP contribution in [0.25, 0.3) is 0 Å². The molecule has 0 aromatic heterocycles. The third-order valence-electron chi connectivity index (χ3n) is 4.12. The van der Waals surface area contributed by atoms with Crippen LogP contribution in [-0.2, 0) is 11.3 Å². The zero-order chi connectivity index (χ0) is 13.2. The lowest BCUT2D eigenvalue weighted by atomic mass is 10.1. The molecular weight excluding hydrogens is 236 g/mol. The van der Waals surface area contributed by atoms with Crippen molar-refractivity contribution in [2.45, 2.75) is 45.2 Å². The van der Waals surface area contributed by atoms with Crippen molar-refractivity contribution in [3.8, 4) is 0 Å². The number of benzene rings is 1. The summed E-state index contributed by atoms with van der Waals surface area (Å²) < 4.78 is 0. The molecule has 0 bridgehead atoms. The van der Waals surface area contributed by atoms with Crippen LogP contribution in [0.15, 0.2) is 24.3 Å². The molecule has 102 valence electrons. The van der Waals surface area contributed by atoms with Crippen LogP contribution in [0.5, 0.6) is 0 Å². The average molecular weight is 258 g/mol. The Balaban J connectivity index is 1.63. The summed E-state index contributed by atoms with van der Waals surface area (Å²) in [6.45, 7) is 2.41. The quantitative estimate of drug-likeness (QED) is 0.823. The summed E-state index contributed by atoms with van der Waals surface area (Å²) in [6.07, 6.45) is 5.56. The lowest BCUT2D eigenvalue weighted by molar-refractivity contribution is -0.114. The molecule has 0 atom stereocenters. The molecule has 0 unspecified atom stereocenters. The fourth-order valence-corrected chi connectivity index (χ4v) is 2.84. The van der Waals surface area contributed by atoms with Gasteiger partial charge in [-0.25, -0.2) is 0 Å². The van der Waals surface area contributed by atoms with Gasteiger partial charge in [0, 0.05) is 25.2 Å². The summed E-state index contributed by atoms with van der Waals surface area (Å²) in [5.41, 5.74) is 2.12. The fourth-order valence-electron chi connectivity index (χ4n) is 2.84. The minimum absolute atomic E-state index is 0.00612. The zero-order valence-corrected chi connectivity index (χ0v) is 11.5. The molecule has 2 saturated carbocycles. The molecule has 1 aromatic carbocycles. The number of hydrogen-bond acceptors (Lipinski definition) is 2. The second-order valence-corrected chi connectivity index (χ2v) is 5.92. The summed E-state index contributed by atoms with van der Waals surface area (Å²) in [6, 6.07) is 8.77. The van der Waals surface area contributed by atoms with Crippen LogP contribution < -0.4 is 10.6 Å². The van der Waals surface area contributed by atoms with E-state index in [0.717, 1.165) is 24.1 Å². The Morgan fingerprint density at radius 2 is 1.84 bits per heavy atom. The number of amides is 1. The monoisotopic (exact) mass is 258 g/mol. The molecule has 2 aliphatic carbocycles. The molecular formula is C16H22N2O. The van der Waals surface area contributed by atoms with Crippen LogP contribution in [0.4, 0.5) is 5.69 Å². The van der Waals surface area contributed by atoms with Crippen molar-refractivity contribution < 1.29 is 4.79 Å². The smallest absolute Gasteiger partial charge is 0.221 e. The van der Waals surface area contributed by atoms with Crippen LogP contribution >= 0.6 is 0 Å². The molecule has 0 saturated heterocycles. The molecule has 3 nitrogen and oxygen atoms in total. The number of rotatable bonds is 6. The highest BCUT2D eigenvalue weighted by Crippen LogP contribution is 2.44. The van der Waals surface area contributed by atoms with Gasteiger partial charge in [-0.2, -0.15) is 0 Å². The maximum Gasteiger partial charge on any atom is 0.221 e. The summed E-state index contributed by atoms with van der Waals surface area (Å²) in [7, 11) is 0. The van der Waals surface area contributed by atoms with E-state index in [2.05, 4.69) is 16.7 Å². The van der Waals surface area contributed by atoms with Crippen molar-refractivity contribution in [1.29, 1.82) is 0 Å². The molecule has 3 heteroatoms. The first-order valence-electron chi connectivity index (χ1n) is 7.33. The Morgan fingerprint density at radius 1 is 1.21 bits per heavy atom. The molecule has 0 radical (unpaired) electrons. The number of nitrogens with one attached hydrogen (secondary N) is 2. The maximum atomic E-state index is 11.2. The first kappa shape index (κ1) is 12.7. The number of carbonyl (C=O) groups excluding carboxylic acids is 1. The van der Waals surface area contributed by atoms with Gasteiger partial charge in [0.25, 0.3) is 0 Å². The summed E-state index contributed by atoms with van der Waals surface area (Å²) in [5.74, 6) is 1.80. The summed E-state index contributed by atoms with van der Waals surface area (Å²) >= 11 is 0. The van der Waals surface area contributed by atoms with Gasteiger partial charge in [-0.3, -0.25) is 4.79 Å². The van der Waals surface area contributed by atoms with Crippen LogP contribution in [-0.4, -0.2) is 11.9 Å². The topological polar surface area (TPSA) is 41.1 Å². The van der Waals surface area contributed by atoms with Gasteiger partial charge >= 0.3 is 0 Å². The Bertz CT molecular complexity index is 452. The van der Waals surface area contributed by atoms with Crippen molar-refractivity contribution in [2.75, 3.05) is 5.32 Å². The second kappa shape index (κ2) is 5.33. The Labute approximate surface area is 114 Å². The summed E-state index contributed by atoms with van der Waals surface area (Å²) in [4.78, 5) is 11.2. The molecule has 19 heavy (non-hydrogen) atoms. The molecule has 1 amide bonds. The van der Waals surface area contributed by atoms with Crippen LogP contribution in [0.1, 0.15) is 38.2 Å². The molecule has 0 aliphatic heterocycles. The first-order valence-corrected chi connectivity index (χ1v) is 7.33. The Kier molecular flexibility index (Phi) is 3.56. The first-order chi connectivity index (χ1) is 9.24. The van der Waals surface area contributed by atoms with E-state index in [1.807, 2.05) is 18.2 Å². The molecule has 2 fully saturated rings. The van der Waals surface area contributed by atoms with E-state index in [1.165, 1.54) is 31.2 Å². The fraction of sp³-hybridized carbons (Fsp3) is 0.562. The predicted molar refractivity (Wildman–Crippen MR) is 76.8 cm³/mol. The van der Waals surface area contributed by atoms with E-state index >= 15 is 0 Å². The maximum absolute atomic E-state index is 11.2. The number of carbonyl (C=O) groups is 1. The Hall–Kier alpha value is -1.35. The highest BCUT2D eigenvalue weighted by atomic mass is 16.1. The zero-order valence-electron chi connectivity index (χ0n) is 11.5. The van der Waals surface area contributed by atoms with E-state index in [1.54, 1.807) is 6.92 Å². The largest absolute Gasteiger partial charge is 0.326 e. The van der Waals surface area contributed by atoms with E-state index in [9.17, 15) is 4.79 Å². The lowest BCUT2D eigenvalue weighted by Crippen LogP contribution is -2.32. The summed E-state index contributed by atoms with van der Waals surface area (Å²) in [5, 5.41) is 6.63. The third kappa shape index (κ3) is 3.35. The van der Waals surface area contributed by atoms with E-state index < -0.39 is 0 Å². The van der Waals surface area contributed by atoms with Gasteiger partial charge in [0.15, 0.2) is 0 Å². The number of para-hydroxylation sites is 1. The normalized spacial score (nSPS) is 18.6. The molecule has 2 aliphatic rings. The predicted octanol–water partition coefficient (Wildman–Crippen LogP) is 2.92. The van der Waals surface area contributed by atoms with Gasteiger partial charge in [-0.15, -0.1) is 0 Å². The van der Waals surface area contributed by atoms with E-state index in [4.69, 9.17) is 0 Å². The highest BCUT2D eigenvalue weighted by Gasteiger charge is 2.40. The lowest BCUT2D eigenvalue weighted by Gasteiger charge is -2.19. The van der Waals surface area contributed by atoms with Crippen molar-refractivity contribution in [3.63, 3.8) is 0 Å². The van der Waals surface area contributed by atoms with E-state index in [-0.39, 0.29) is 5.91 Å². The van der Waals surface area contributed by atoms with Gasteiger partial charge in [-0.05, 0) is 49.1 Å². The van der Waals surface area contributed by atoms with Gasteiger partial charge in [0.2, 0.25) is 5.91 Å². The minimum atomic E-state index is -0.00612. The van der Waals surface area contributed by atoms with Crippen molar-refractivity contribution >= 4 is 11.6 Å². The van der Waals surface area contributed by atoms with Gasteiger partial charge in [0.1, 0.15) is 0 Å². The number of hydrogen-bond donors (Lipinski definition) is 2.